The van der Waals surface area contributed by atoms with Crippen molar-refractivity contribution in [2.45, 2.75) is 33.6 Å². The molecular weight excluding hydrogens is 392 g/mol. The molecule has 2 aliphatic heterocycles. The van der Waals surface area contributed by atoms with Crippen molar-refractivity contribution in [2.24, 2.45) is 13.0 Å². The molecule has 6 nitrogen and oxygen atoms in total. The zero-order valence-corrected chi connectivity index (χ0v) is 18.2. The Morgan fingerprint density at radius 3 is 2.68 bits per heavy atom. The van der Waals surface area contributed by atoms with Crippen molar-refractivity contribution in [1.29, 1.82) is 5.26 Å². The second-order valence-electron chi connectivity index (χ2n) is 7.33. The molecule has 3 rings (SSSR count). The van der Waals surface area contributed by atoms with Gasteiger partial charge in [0.25, 0.3) is 11.5 Å². The van der Waals surface area contributed by atoms with Gasteiger partial charge in [-0.05, 0) is 44.2 Å². The highest BCUT2D eigenvalue weighted by molar-refractivity contribution is 8.26. The predicted octanol–water partition coefficient (Wildman–Crippen LogP) is 3.02. The number of aromatic nitrogens is 1. The van der Waals surface area contributed by atoms with Gasteiger partial charge in [0.1, 0.15) is 21.8 Å². The molecule has 1 aromatic heterocycles. The Morgan fingerprint density at radius 1 is 1.39 bits per heavy atom. The Kier molecular flexibility index (Phi) is 5.96. The largest absolute Gasteiger partial charge is 0.357 e. The van der Waals surface area contributed by atoms with Crippen molar-refractivity contribution < 1.29 is 4.79 Å². The van der Waals surface area contributed by atoms with Crippen molar-refractivity contribution in [3.05, 3.63) is 31.9 Å². The molecule has 0 bridgehead atoms. The van der Waals surface area contributed by atoms with E-state index in [1.165, 1.54) is 11.8 Å². The van der Waals surface area contributed by atoms with Gasteiger partial charge in [0, 0.05) is 32.2 Å². The van der Waals surface area contributed by atoms with E-state index in [9.17, 15) is 14.9 Å². The topological polar surface area (TPSA) is 69.3 Å². The van der Waals surface area contributed by atoms with E-state index in [-0.39, 0.29) is 17.0 Å². The lowest BCUT2D eigenvalue weighted by molar-refractivity contribution is -0.121. The molecule has 1 aromatic rings. The number of piperidine rings is 1. The van der Waals surface area contributed by atoms with E-state index in [0.717, 1.165) is 37.3 Å². The summed E-state index contributed by atoms with van der Waals surface area (Å²) in [4.78, 5) is 29.8. The van der Waals surface area contributed by atoms with Gasteiger partial charge in [-0.1, -0.05) is 30.9 Å². The zero-order valence-electron chi connectivity index (χ0n) is 16.6. The number of carbonyl (C=O) groups is 1. The normalized spacial score (nSPS) is 21.5. The van der Waals surface area contributed by atoms with E-state index in [4.69, 9.17) is 12.2 Å². The van der Waals surface area contributed by atoms with Gasteiger partial charge in [0.15, 0.2) is 0 Å². The third kappa shape index (κ3) is 3.49. The van der Waals surface area contributed by atoms with Crippen LogP contribution in [0.3, 0.4) is 0 Å². The number of pyridine rings is 1. The van der Waals surface area contributed by atoms with Crippen LogP contribution < -0.4 is 10.5 Å². The molecule has 8 heteroatoms. The van der Waals surface area contributed by atoms with Crippen LogP contribution in [0.2, 0.25) is 0 Å². The van der Waals surface area contributed by atoms with Crippen LogP contribution in [-0.4, -0.2) is 39.3 Å². The number of carbonyl (C=O) groups excluding carboxylic acids is 1. The second kappa shape index (κ2) is 8.10. The fourth-order valence-electron chi connectivity index (χ4n) is 3.88. The Hall–Kier alpha value is -2.11. The summed E-state index contributed by atoms with van der Waals surface area (Å²) < 4.78 is 2.09. The van der Waals surface area contributed by atoms with Gasteiger partial charge in [-0.25, -0.2) is 0 Å². The fraction of sp³-hybridized carbons (Fsp3) is 0.500. The first-order chi connectivity index (χ1) is 13.3. The van der Waals surface area contributed by atoms with E-state index >= 15 is 0 Å². The molecular formula is C20H24N4O2S2. The summed E-state index contributed by atoms with van der Waals surface area (Å²) >= 11 is 6.59. The number of nitrogens with zero attached hydrogens (tertiary/aromatic N) is 4. The first-order valence-corrected chi connectivity index (χ1v) is 10.7. The maximum Gasteiger partial charge on any atom is 0.270 e. The number of thioether (sulfide) groups is 1. The molecule has 2 aliphatic rings. The first kappa shape index (κ1) is 20.6. The number of rotatable bonds is 3. The zero-order chi connectivity index (χ0) is 20.6. The van der Waals surface area contributed by atoms with Crippen LogP contribution in [0.4, 0.5) is 5.82 Å². The number of nitriles is 1. The van der Waals surface area contributed by atoms with E-state index in [2.05, 4.69) is 11.8 Å². The average Bonchev–Trinajstić information content (AvgIpc) is 2.93. The lowest BCUT2D eigenvalue weighted by Crippen LogP contribution is -2.39. The lowest BCUT2D eigenvalue weighted by atomic mass is 9.98. The molecule has 3 heterocycles. The van der Waals surface area contributed by atoms with E-state index in [1.54, 1.807) is 29.5 Å². The predicted molar refractivity (Wildman–Crippen MR) is 117 cm³/mol. The quantitative estimate of drug-likeness (QED) is 0.557. The standard InChI is InChI=1S/C20H24N4O2S2/c1-5-24-19(26)16(28-20(24)27)9-14-13(3)15(10-21)18(25)22(4)17(14)23-8-6-7-12(2)11-23/h9,12H,5-8,11H2,1-4H3. The van der Waals surface area contributed by atoms with Crippen molar-refractivity contribution in [3.8, 4) is 6.07 Å². The molecule has 28 heavy (non-hydrogen) atoms. The first-order valence-electron chi connectivity index (χ1n) is 9.44. The molecule has 0 aromatic carbocycles. The monoisotopic (exact) mass is 416 g/mol. The maximum absolute atomic E-state index is 12.8. The molecule has 1 atom stereocenters. The van der Waals surface area contributed by atoms with E-state index in [0.29, 0.717) is 27.3 Å². The molecule has 2 fully saturated rings. The van der Waals surface area contributed by atoms with Crippen LogP contribution in [0.25, 0.3) is 6.08 Å². The van der Waals surface area contributed by atoms with Crippen molar-refractivity contribution >= 4 is 46.1 Å². The fourth-order valence-corrected chi connectivity index (χ4v) is 5.25. The summed E-state index contributed by atoms with van der Waals surface area (Å²) in [7, 11) is 1.70. The SMILES string of the molecule is CCN1C(=O)C(=Cc2c(C)c(C#N)c(=O)n(C)c2N2CCCC(C)C2)SC1=S. The van der Waals surface area contributed by atoms with Gasteiger partial charge in [-0.2, -0.15) is 5.26 Å². The minimum absolute atomic E-state index is 0.119. The van der Waals surface area contributed by atoms with Gasteiger partial charge in [0.05, 0.1) is 4.91 Å². The van der Waals surface area contributed by atoms with Crippen LogP contribution >= 0.6 is 24.0 Å². The molecule has 0 radical (unpaired) electrons. The van der Waals surface area contributed by atoms with Crippen LogP contribution in [0.1, 0.15) is 43.4 Å². The van der Waals surface area contributed by atoms with E-state index in [1.807, 2.05) is 13.0 Å². The molecule has 0 saturated carbocycles. The van der Waals surface area contributed by atoms with E-state index < -0.39 is 0 Å². The van der Waals surface area contributed by atoms with Gasteiger partial charge in [0.2, 0.25) is 0 Å². The van der Waals surface area contributed by atoms with Crippen molar-refractivity contribution in [3.63, 3.8) is 0 Å². The van der Waals surface area contributed by atoms with Crippen molar-refractivity contribution in [1.82, 2.24) is 9.47 Å². The highest BCUT2D eigenvalue weighted by Crippen LogP contribution is 2.36. The summed E-state index contributed by atoms with van der Waals surface area (Å²) in [6.07, 6.45) is 4.01. The number of hydrogen-bond donors (Lipinski definition) is 0. The Labute approximate surface area is 174 Å². The number of likely N-dealkylation sites (N-methyl/N-ethyl adjacent to an activating group) is 1. The summed E-state index contributed by atoms with van der Waals surface area (Å²) in [6.45, 7) is 8.08. The molecule has 2 saturated heterocycles. The molecule has 0 aliphatic carbocycles. The molecule has 0 spiro atoms. The van der Waals surface area contributed by atoms with Gasteiger partial charge in [-0.3, -0.25) is 19.1 Å². The van der Waals surface area contributed by atoms with Crippen LogP contribution in [-0.2, 0) is 11.8 Å². The Bertz CT molecular complexity index is 974. The molecule has 1 amide bonds. The number of thiocarbonyl (C=S) groups is 1. The summed E-state index contributed by atoms with van der Waals surface area (Å²) in [6, 6.07) is 2.04. The average molecular weight is 417 g/mol. The molecule has 1 unspecified atom stereocenters. The Morgan fingerprint density at radius 2 is 2.11 bits per heavy atom. The van der Waals surface area contributed by atoms with Gasteiger partial charge >= 0.3 is 0 Å². The van der Waals surface area contributed by atoms with Gasteiger partial charge in [-0.15, -0.1) is 0 Å². The second-order valence-corrected chi connectivity index (χ2v) is 9.01. The summed E-state index contributed by atoms with van der Waals surface area (Å²) in [5.74, 6) is 1.17. The maximum atomic E-state index is 12.8. The summed E-state index contributed by atoms with van der Waals surface area (Å²) in [5.41, 5.74) is 1.19. The summed E-state index contributed by atoms with van der Waals surface area (Å²) in [5, 5.41) is 9.53. The van der Waals surface area contributed by atoms with Gasteiger partial charge < -0.3 is 4.90 Å². The number of amides is 1. The number of anilines is 1. The molecule has 148 valence electrons. The van der Waals surface area contributed by atoms with Crippen LogP contribution in [0.15, 0.2) is 9.70 Å². The van der Waals surface area contributed by atoms with Crippen LogP contribution in [0.5, 0.6) is 0 Å². The highest BCUT2D eigenvalue weighted by Gasteiger charge is 2.32. The lowest BCUT2D eigenvalue weighted by Gasteiger charge is -2.35. The molecule has 0 N–H and O–H groups in total. The smallest absolute Gasteiger partial charge is 0.270 e. The Balaban J connectivity index is 2.22. The third-order valence-corrected chi connectivity index (χ3v) is 6.77. The minimum Gasteiger partial charge on any atom is -0.357 e. The highest BCUT2D eigenvalue weighted by atomic mass is 32.2. The van der Waals surface area contributed by atoms with Crippen molar-refractivity contribution in [2.75, 3.05) is 24.5 Å². The third-order valence-electron chi connectivity index (χ3n) is 5.39. The van der Waals surface area contributed by atoms with Crippen LogP contribution in [0, 0.1) is 24.2 Å². The number of hydrogen-bond acceptors (Lipinski definition) is 6. The minimum atomic E-state index is -0.300.